The lowest BCUT2D eigenvalue weighted by Gasteiger charge is -2.22. The predicted molar refractivity (Wildman–Crippen MR) is 77.9 cm³/mol. The quantitative estimate of drug-likeness (QED) is 0.789. The van der Waals surface area contributed by atoms with Gasteiger partial charge in [0.1, 0.15) is 0 Å². The highest BCUT2D eigenvalue weighted by atomic mass is 35.5. The summed E-state index contributed by atoms with van der Waals surface area (Å²) in [6.45, 7) is 6.86. The van der Waals surface area contributed by atoms with E-state index in [0.717, 1.165) is 17.9 Å². The molecule has 18 heavy (non-hydrogen) atoms. The Morgan fingerprint density at radius 2 is 1.83 bits per heavy atom. The van der Waals surface area contributed by atoms with E-state index in [2.05, 4.69) is 24.4 Å². The molecule has 2 N–H and O–H groups in total. The van der Waals surface area contributed by atoms with Crippen molar-refractivity contribution in [2.45, 2.75) is 45.8 Å². The molecular formula is C15H24ClNO. The second-order valence-corrected chi connectivity index (χ2v) is 5.55. The summed E-state index contributed by atoms with van der Waals surface area (Å²) in [5, 5.41) is 14.1. The Balaban J connectivity index is 2.62. The monoisotopic (exact) mass is 269 g/mol. The van der Waals surface area contributed by atoms with E-state index in [-0.39, 0.29) is 12.0 Å². The van der Waals surface area contributed by atoms with Crippen molar-refractivity contribution >= 4 is 11.6 Å². The molecule has 0 heterocycles. The molecule has 0 amide bonds. The third kappa shape index (κ3) is 4.97. The minimum Gasteiger partial charge on any atom is -0.392 e. The first kappa shape index (κ1) is 15.5. The summed E-state index contributed by atoms with van der Waals surface area (Å²) in [5.41, 5.74) is 1.23. The molecule has 0 aliphatic heterocycles. The van der Waals surface area contributed by atoms with Gasteiger partial charge in [0, 0.05) is 17.6 Å². The summed E-state index contributed by atoms with van der Waals surface area (Å²) in [5.74, 6) is 0.282. The Labute approximate surface area is 115 Å². The van der Waals surface area contributed by atoms with Gasteiger partial charge >= 0.3 is 0 Å². The van der Waals surface area contributed by atoms with Crippen molar-refractivity contribution < 1.29 is 5.11 Å². The van der Waals surface area contributed by atoms with Crippen LogP contribution in [0.2, 0.25) is 5.02 Å². The lowest BCUT2D eigenvalue weighted by Crippen LogP contribution is -2.33. The Hall–Kier alpha value is -0.570. The van der Waals surface area contributed by atoms with Crippen LogP contribution in [0.15, 0.2) is 24.3 Å². The summed E-state index contributed by atoms with van der Waals surface area (Å²) in [6.07, 6.45) is 1.88. The van der Waals surface area contributed by atoms with E-state index < -0.39 is 0 Å². The Morgan fingerprint density at radius 1 is 1.22 bits per heavy atom. The molecule has 0 aromatic heterocycles. The largest absolute Gasteiger partial charge is 0.392 e. The number of hydrogen-bond donors (Lipinski definition) is 2. The number of aliphatic hydroxyl groups is 1. The predicted octanol–water partition coefficient (Wildman–Crippen LogP) is 3.79. The van der Waals surface area contributed by atoms with E-state index >= 15 is 0 Å². The Morgan fingerprint density at radius 3 is 2.33 bits per heavy atom. The normalized spacial score (nSPS) is 14.8. The van der Waals surface area contributed by atoms with E-state index in [1.807, 2.05) is 26.0 Å². The fraction of sp³-hybridized carbons (Fsp3) is 0.600. The first-order chi connectivity index (χ1) is 8.54. The molecule has 0 saturated carbocycles. The van der Waals surface area contributed by atoms with Crippen LogP contribution in [0.5, 0.6) is 0 Å². The third-order valence-corrected chi connectivity index (χ3v) is 3.44. The lowest BCUT2D eigenvalue weighted by molar-refractivity contribution is 0.119. The maximum Gasteiger partial charge on any atom is 0.0687 e. The highest BCUT2D eigenvalue weighted by Gasteiger charge is 2.14. The van der Waals surface area contributed by atoms with Crippen molar-refractivity contribution in [1.29, 1.82) is 0 Å². The molecule has 0 spiro atoms. The Kier molecular flexibility index (Phi) is 6.69. The van der Waals surface area contributed by atoms with Gasteiger partial charge < -0.3 is 10.4 Å². The second-order valence-electron chi connectivity index (χ2n) is 5.11. The molecule has 0 fully saturated rings. The van der Waals surface area contributed by atoms with E-state index in [4.69, 9.17) is 11.6 Å². The van der Waals surface area contributed by atoms with Crippen molar-refractivity contribution in [1.82, 2.24) is 5.32 Å². The zero-order valence-electron chi connectivity index (χ0n) is 11.5. The maximum atomic E-state index is 9.85. The topological polar surface area (TPSA) is 32.3 Å². The fourth-order valence-electron chi connectivity index (χ4n) is 1.87. The standard InChI is InChI=1S/C15H24ClNO/c1-4-5-14(17-10-15(18)11(2)3)12-6-8-13(16)9-7-12/h6-9,11,14-15,17-18H,4-5,10H2,1-3H3. The fourth-order valence-corrected chi connectivity index (χ4v) is 2.00. The number of benzene rings is 1. The molecule has 0 saturated heterocycles. The van der Waals surface area contributed by atoms with Crippen LogP contribution in [-0.2, 0) is 0 Å². The van der Waals surface area contributed by atoms with Gasteiger partial charge in [-0.2, -0.15) is 0 Å². The van der Waals surface area contributed by atoms with Crippen molar-refractivity contribution in [2.24, 2.45) is 5.92 Å². The number of rotatable bonds is 7. The number of aliphatic hydroxyl groups excluding tert-OH is 1. The minimum atomic E-state index is -0.295. The number of halogens is 1. The molecule has 2 atom stereocenters. The molecule has 3 heteroatoms. The first-order valence-electron chi connectivity index (χ1n) is 6.71. The van der Waals surface area contributed by atoms with Crippen molar-refractivity contribution in [3.8, 4) is 0 Å². The van der Waals surface area contributed by atoms with Crippen LogP contribution >= 0.6 is 11.6 Å². The SMILES string of the molecule is CCCC(NCC(O)C(C)C)c1ccc(Cl)cc1. The smallest absolute Gasteiger partial charge is 0.0687 e. The summed E-state index contributed by atoms with van der Waals surface area (Å²) in [6, 6.07) is 8.23. The molecular weight excluding hydrogens is 246 g/mol. The third-order valence-electron chi connectivity index (χ3n) is 3.19. The summed E-state index contributed by atoms with van der Waals surface area (Å²) in [4.78, 5) is 0. The van der Waals surface area contributed by atoms with E-state index in [0.29, 0.717) is 12.6 Å². The van der Waals surface area contributed by atoms with E-state index in [1.54, 1.807) is 0 Å². The zero-order chi connectivity index (χ0) is 13.5. The highest BCUT2D eigenvalue weighted by Crippen LogP contribution is 2.20. The number of nitrogens with one attached hydrogen (secondary N) is 1. The Bertz CT molecular complexity index is 337. The van der Waals surface area contributed by atoms with E-state index in [1.165, 1.54) is 5.56 Å². The number of hydrogen-bond acceptors (Lipinski definition) is 2. The zero-order valence-corrected chi connectivity index (χ0v) is 12.2. The van der Waals surface area contributed by atoms with Gasteiger partial charge in [-0.25, -0.2) is 0 Å². The van der Waals surface area contributed by atoms with Gasteiger partial charge in [-0.05, 0) is 30.0 Å². The molecule has 0 aliphatic rings. The van der Waals surface area contributed by atoms with Crippen molar-refractivity contribution in [2.75, 3.05) is 6.54 Å². The second kappa shape index (κ2) is 7.78. The average Bonchev–Trinajstić information content (AvgIpc) is 2.35. The molecule has 1 aromatic carbocycles. The van der Waals surface area contributed by atoms with Crippen LogP contribution in [0.3, 0.4) is 0 Å². The molecule has 0 radical (unpaired) electrons. The van der Waals surface area contributed by atoms with Crippen LogP contribution in [0.1, 0.15) is 45.2 Å². The van der Waals surface area contributed by atoms with E-state index in [9.17, 15) is 5.11 Å². The van der Waals surface area contributed by atoms with Crippen molar-refractivity contribution in [3.05, 3.63) is 34.9 Å². The molecule has 2 nitrogen and oxygen atoms in total. The van der Waals surface area contributed by atoms with Crippen molar-refractivity contribution in [3.63, 3.8) is 0 Å². The summed E-state index contributed by atoms with van der Waals surface area (Å²) < 4.78 is 0. The summed E-state index contributed by atoms with van der Waals surface area (Å²) >= 11 is 5.90. The van der Waals surface area contributed by atoms with Crippen LogP contribution in [-0.4, -0.2) is 17.8 Å². The van der Waals surface area contributed by atoms with Gasteiger partial charge in [0.15, 0.2) is 0 Å². The molecule has 0 bridgehead atoms. The van der Waals surface area contributed by atoms with Crippen LogP contribution in [0, 0.1) is 5.92 Å². The van der Waals surface area contributed by atoms with Gasteiger partial charge in [-0.1, -0.05) is 50.9 Å². The van der Waals surface area contributed by atoms with Gasteiger partial charge in [-0.3, -0.25) is 0 Å². The summed E-state index contributed by atoms with van der Waals surface area (Å²) in [7, 11) is 0. The molecule has 102 valence electrons. The maximum absolute atomic E-state index is 9.85. The first-order valence-corrected chi connectivity index (χ1v) is 7.09. The van der Waals surface area contributed by atoms with Crippen LogP contribution in [0.25, 0.3) is 0 Å². The molecule has 2 unspecified atom stereocenters. The average molecular weight is 270 g/mol. The molecule has 0 aliphatic carbocycles. The van der Waals surface area contributed by atoms with Gasteiger partial charge in [0.05, 0.1) is 6.10 Å². The minimum absolute atomic E-state index is 0.282. The molecule has 1 aromatic rings. The highest BCUT2D eigenvalue weighted by molar-refractivity contribution is 6.30. The van der Waals surface area contributed by atoms with Crippen LogP contribution < -0.4 is 5.32 Å². The van der Waals surface area contributed by atoms with Crippen LogP contribution in [0.4, 0.5) is 0 Å². The lowest BCUT2D eigenvalue weighted by atomic mass is 10.0. The van der Waals surface area contributed by atoms with Gasteiger partial charge in [0.2, 0.25) is 0 Å². The van der Waals surface area contributed by atoms with Gasteiger partial charge in [-0.15, -0.1) is 0 Å². The molecule has 1 rings (SSSR count). The van der Waals surface area contributed by atoms with Gasteiger partial charge in [0.25, 0.3) is 0 Å².